The number of pyridine rings is 1. The molecule has 0 saturated heterocycles. The van der Waals surface area contributed by atoms with Gasteiger partial charge in [0.05, 0.1) is 6.04 Å². The van der Waals surface area contributed by atoms with E-state index in [2.05, 4.69) is 26.2 Å². The van der Waals surface area contributed by atoms with E-state index in [0.29, 0.717) is 5.56 Å². The van der Waals surface area contributed by atoms with Crippen LogP contribution < -0.4 is 5.32 Å². The van der Waals surface area contributed by atoms with Crippen molar-refractivity contribution in [2.45, 2.75) is 18.3 Å². The summed E-state index contributed by atoms with van der Waals surface area (Å²) in [6, 6.07) is 11.3. The van der Waals surface area contributed by atoms with Gasteiger partial charge in [-0.2, -0.15) is 0 Å². The lowest BCUT2D eigenvalue weighted by Crippen LogP contribution is -2.26. The molecule has 0 bridgehead atoms. The van der Waals surface area contributed by atoms with Gasteiger partial charge in [-0.15, -0.1) is 0 Å². The van der Waals surface area contributed by atoms with Crippen molar-refractivity contribution in [3.8, 4) is 0 Å². The van der Waals surface area contributed by atoms with E-state index in [0.717, 1.165) is 16.5 Å². The molecule has 0 aliphatic carbocycles. The topological polar surface area (TPSA) is 42.0 Å². The van der Waals surface area contributed by atoms with Crippen LogP contribution in [0.5, 0.6) is 0 Å². The van der Waals surface area contributed by atoms with Gasteiger partial charge in [0, 0.05) is 23.3 Å². The first-order valence-electron chi connectivity index (χ1n) is 6.06. The Kier molecular flexibility index (Phi) is 4.68. The number of hydrogen-bond donors (Lipinski definition) is 1. The third-order valence-corrected chi connectivity index (χ3v) is 3.55. The Morgan fingerprint density at radius 2 is 2.05 bits per heavy atom. The standard InChI is InChI=1S/C15H15BrN2O/c1-11(14-3-2-8-17-10-14)18-15(19)13-6-4-12(9-16)5-7-13/h2-8,10-11H,9H2,1H3,(H,18,19). The number of nitrogens with one attached hydrogen (secondary N) is 1. The number of nitrogens with zero attached hydrogens (tertiary/aromatic N) is 1. The molecule has 98 valence electrons. The minimum absolute atomic E-state index is 0.0583. The number of halogens is 1. The summed E-state index contributed by atoms with van der Waals surface area (Å²) in [4.78, 5) is 16.1. The molecule has 1 aromatic carbocycles. The first-order chi connectivity index (χ1) is 9.20. The Morgan fingerprint density at radius 1 is 1.32 bits per heavy atom. The highest BCUT2D eigenvalue weighted by Gasteiger charge is 2.11. The van der Waals surface area contributed by atoms with E-state index in [9.17, 15) is 4.79 Å². The summed E-state index contributed by atoms with van der Waals surface area (Å²) < 4.78 is 0. The number of rotatable bonds is 4. The summed E-state index contributed by atoms with van der Waals surface area (Å²) in [5, 5.41) is 3.75. The highest BCUT2D eigenvalue weighted by molar-refractivity contribution is 9.08. The van der Waals surface area contributed by atoms with Crippen molar-refractivity contribution in [2.75, 3.05) is 0 Å². The number of carbonyl (C=O) groups is 1. The van der Waals surface area contributed by atoms with Crippen molar-refractivity contribution in [1.29, 1.82) is 0 Å². The molecular weight excluding hydrogens is 304 g/mol. The monoisotopic (exact) mass is 318 g/mol. The Bertz CT molecular complexity index is 540. The highest BCUT2D eigenvalue weighted by atomic mass is 79.9. The normalized spacial score (nSPS) is 11.9. The van der Waals surface area contributed by atoms with Gasteiger partial charge >= 0.3 is 0 Å². The first-order valence-corrected chi connectivity index (χ1v) is 7.18. The Morgan fingerprint density at radius 3 is 2.63 bits per heavy atom. The highest BCUT2D eigenvalue weighted by Crippen LogP contribution is 2.12. The summed E-state index contributed by atoms with van der Waals surface area (Å²) in [6.07, 6.45) is 3.48. The third-order valence-electron chi connectivity index (χ3n) is 2.90. The zero-order valence-corrected chi connectivity index (χ0v) is 12.2. The molecular formula is C15H15BrN2O. The summed E-state index contributed by atoms with van der Waals surface area (Å²) >= 11 is 3.38. The Hall–Kier alpha value is -1.68. The number of alkyl halides is 1. The predicted molar refractivity (Wildman–Crippen MR) is 79.2 cm³/mol. The van der Waals surface area contributed by atoms with Crippen LogP contribution in [0.25, 0.3) is 0 Å². The van der Waals surface area contributed by atoms with Gasteiger partial charge in [0.1, 0.15) is 0 Å². The molecule has 1 heterocycles. The summed E-state index contributed by atoms with van der Waals surface area (Å²) in [5.74, 6) is -0.0718. The molecule has 3 nitrogen and oxygen atoms in total. The third kappa shape index (κ3) is 3.64. The Balaban J connectivity index is 2.04. The molecule has 1 amide bonds. The minimum Gasteiger partial charge on any atom is -0.345 e. The van der Waals surface area contributed by atoms with Crippen LogP contribution in [-0.2, 0) is 5.33 Å². The molecule has 0 fully saturated rings. The van der Waals surface area contributed by atoms with E-state index in [1.54, 1.807) is 12.4 Å². The van der Waals surface area contributed by atoms with E-state index < -0.39 is 0 Å². The quantitative estimate of drug-likeness (QED) is 0.877. The largest absolute Gasteiger partial charge is 0.345 e. The van der Waals surface area contributed by atoms with Crippen molar-refractivity contribution < 1.29 is 4.79 Å². The number of carbonyl (C=O) groups excluding carboxylic acids is 1. The molecule has 2 aromatic rings. The molecule has 0 saturated carbocycles. The van der Waals surface area contributed by atoms with Crippen LogP contribution in [0.15, 0.2) is 48.8 Å². The van der Waals surface area contributed by atoms with E-state index in [1.807, 2.05) is 43.3 Å². The molecule has 0 aliphatic rings. The van der Waals surface area contributed by atoms with Crippen LogP contribution in [0.4, 0.5) is 0 Å². The number of hydrogen-bond acceptors (Lipinski definition) is 2. The maximum atomic E-state index is 12.1. The van der Waals surface area contributed by atoms with Gasteiger partial charge in [-0.25, -0.2) is 0 Å². The van der Waals surface area contributed by atoms with Crippen molar-refractivity contribution >= 4 is 21.8 Å². The predicted octanol–water partition coefficient (Wildman–Crippen LogP) is 3.47. The first kappa shape index (κ1) is 13.7. The van der Waals surface area contributed by atoms with Gasteiger partial charge in [-0.3, -0.25) is 9.78 Å². The van der Waals surface area contributed by atoms with Gasteiger partial charge < -0.3 is 5.32 Å². The molecule has 1 atom stereocenters. The fourth-order valence-corrected chi connectivity index (χ4v) is 2.11. The van der Waals surface area contributed by atoms with Crippen molar-refractivity contribution in [1.82, 2.24) is 10.3 Å². The molecule has 19 heavy (non-hydrogen) atoms. The van der Waals surface area contributed by atoms with E-state index in [-0.39, 0.29) is 11.9 Å². The second-order valence-corrected chi connectivity index (χ2v) is 4.87. The molecule has 0 aliphatic heterocycles. The summed E-state index contributed by atoms with van der Waals surface area (Å²) in [7, 11) is 0. The fourth-order valence-electron chi connectivity index (χ4n) is 1.74. The lowest BCUT2D eigenvalue weighted by atomic mass is 10.1. The van der Waals surface area contributed by atoms with Gasteiger partial charge in [0.2, 0.25) is 0 Å². The maximum Gasteiger partial charge on any atom is 0.251 e. The molecule has 2 rings (SSSR count). The van der Waals surface area contributed by atoms with Gasteiger partial charge in [-0.1, -0.05) is 34.1 Å². The maximum absolute atomic E-state index is 12.1. The SMILES string of the molecule is CC(NC(=O)c1ccc(CBr)cc1)c1cccnc1. The average Bonchev–Trinajstić information content (AvgIpc) is 2.48. The fraction of sp³-hybridized carbons (Fsp3) is 0.200. The Labute approximate surface area is 121 Å². The zero-order chi connectivity index (χ0) is 13.7. The molecule has 0 radical (unpaired) electrons. The minimum atomic E-state index is -0.0718. The summed E-state index contributed by atoms with van der Waals surface area (Å²) in [5.41, 5.74) is 2.81. The lowest BCUT2D eigenvalue weighted by molar-refractivity contribution is 0.0940. The van der Waals surface area contributed by atoms with Gasteiger partial charge in [-0.05, 0) is 36.2 Å². The van der Waals surface area contributed by atoms with Crippen LogP contribution in [0.2, 0.25) is 0 Å². The number of aromatic nitrogens is 1. The van der Waals surface area contributed by atoms with Crippen LogP contribution in [0.1, 0.15) is 34.5 Å². The van der Waals surface area contributed by atoms with Crippen LogP contribution in [0.3, 0.4) is 0 Å². The molecule has 1 N–H and O–H groups in total. The van der Waals surface area contributed by atoms with E-state index in [4.69, 9.17) is 0 Å². The smallest absolute Gasteiger partial charge is 0.251 e. The molecule has 0 spiro atoms. The molecule has 1 aromatic heterocycles. The summed E-state index contributed by atoms with van der Waals surface area (Å²) in [6.45, 7) is 1.95. The number of amides is 1. The van der Waals surface area contributed by atoms with Crippen LogP contribution in [-0.4, -0.2) is 10.9 Å². The average molecular weight is 319 g/mol. The van der Waals surface area contributed by atoms with E-state index >= 15 is 0 Å². The second-order valence-electron chi connectivity index (χ2n) is 4.31. The number of benzene rings is 1. The van der Waals surface area contributed by atoms with Gasteiger partial charge in [0.15, 0.2) is 0 Å². The van der Waals surface area contributed by atoms with Crippen molar-refractivity contribution in [3.63, 3.8) is 0 Å². The van der Waals surface area contributed by atoms with Crippen LogP contribution >= 0.6 is 15.9 Å². The van der Waals surface area contributed by atoms with Crippen LogP contribution in [0, 0.1) is 0 Å². The van der Waals surface area contributed by atoms with Crippen molar-refractivity contribution in [2.24, 2.45) is 0 Å². The molecule has 1 unspecified atom stereocenters. The van der Waals surface area contributed by atoms with Crippen molar-refractivity contribution in [3.05, 3.63) is 65.5 Å². The zero-order valence-electron chi connectivity index (χ0n) is 10.6. The van der Waals surface area contributed by atoms with Gasteiger partial charge in [0.25, 0.3) is 5.91 Å². The lowest BCUT2D eigenvalue weighted by Gasteiger charge is -2.14. The molecule has 4 heteroatoms. The second kappa shape index (κ2) is 6.48. The van der Waals surface area contributed by atoms with E-state index in [1.165, 1.54) is 0 Å².